The van der Waals surface area contributed by atoms with E-state index in [1.54, 1.807) is 0 Å². The van der Waals surface area contributed by atoms with Crippen molar-refractivity contribution in [2.45, 2.75) is 44.9 Å². The lowest BCUT2D eigenvalue weighted by molar-refractivity contribution is -0.0644. The van der Waals surface area contributed by atoms with Crippen molar-refractivity contribution in [3.63, 3.8) is 0 Å². The van der Waals surface area contributed by atoms with E-state index < -0.39 is 0 Å². The van der Waals surface area contributed by atoms with Gasteiger partial charge in [0.05, 0.1) is 12.2 Å². The largest absolute Gasteiger partial charge is 0.367 e. The van der Waals surface area contributed by atoms with Gasteiger partial charge in [0.15, 0.2) is 0 Å². The fourth-order valence-corrected chi connectivity index (χ4v) is 2.54. The number of rotatable bonds is 3. The molecule has 0 aliphatic carbocycles. The highest BCUT2D eigenvalue weighted by Crippen LogP contribution is 2.28. The lowest BCUT2D eigenvalue weighted by Gasteiger charge is -2.36. The van der Waals surface area contributed by atoms with Crippen LogP contribution in [0.15, 0.2) is 24.3 Å². The van der Waals surface area contributed by atoms with Gasteiger partial charge < -0.3 is 10.1 Å². The number of hydrogen-bond donors (Lipinski definition) is 1. The van der Waals surface area contributed by atoms with Gasteiger partial charge in [-0.25, -0.2) is 0 Å². The molecule has 0 aromatic heterocycles. The number of hydrogen-bond acceptors (Lipinski definition) is 2. The Morgan fingerprint density at radius 3 is 3.00 bits per heavy atom. The third kappa shape index (κ3) is 3.21. The molecule has 1 N–H and O–H groups in total. The maximum Gasteiger partial charge on any atom is 0.0980 e. The molecule has 0 saturated carbocycles. The van der Waals surface area contributed by atoms with Gasteiger partial charge in [-0.3, -0.25) is 0 Å². The average molecular weight is 254 g/mol. The van der Waals surface area contributed by atoms with Gasteiger partial charge in [0.2, 0.25) is 0 Å². The molecule has 94 valence electrons. The second kappa shape index (κ2) is 5.85. The lowest BCUT2D eigenvalue weighted by atomic mass is 10.00. The molecule has 0 radical (unpaired) electrons. The van der Waals surface area contributed by atoms with Crippen LogP contribution >= 0.6 is 11.6 Å². The predicted octanol–water partition coefficient (Wildman–Crippen LogP) is 3.56. The van der Waals surface area contributed by atoms with Gasteiger partial charge in [0, 0.05) is 17.6 Å². The molecule has 1 aliphatic rings. The molecular weight excluding hydrogens is 234 g/mol. The highest BCUT2D eigenvalue weighted by atomic mass is 35.5. The molecular formula is C14H20ClNO. The van der Waals surface area contributed by atoms with Crippen LogP contribution in [0, 0.1) is 0 Å². The molecule has 1 heterocycles. The Bertz CT molecular complexity index is 369. The van der Waals surface area contributed by atoms with E-state index in [0.29, 0.717) is 12.1 Å². The zero-order valence-electron chi connectivity index (χ0n) is 10.4. The zero-order chi connectivity index (χ0) is 12.3. The summed E-state index contributed by atoms with van der Waals surface area (Å²) in [5.41, 5.74) is 1.17. The molecule has 1 aromatic carbocycles. The maximum atomic E-state index is 6.16. The van der Waals surface area contributed by atoms with E-state index in [0.717, 1.165) is 24.4 Å². The summed E-state index contributed by atoms with van der Waals surface area (Å²) in [6, 6.07) is 8.30. The highest BCUT2D eigenvalue weighted by molar-refractivity contribution is 6.30. The van der Waals surface area contributed by atoms with E-state index in [9.17, 15) is 0 Å². The van der Waals surface area contributed by atoms with Crippen LogP contribution in [0.25, 0.3) is 0 Å². The van der Waals surface area contributed by atoms with Gasteiger partial charge in [-0.05, 0) is 31.0 Å². The SMILES string of the molecule is CCCC1CNC(C)C(c2cccc(Cl)c2)O1. The quantitative estimate of drug-likeness (QED) is 0.890. The third-order valence-electron chi connectivity index (χ3n) is 3.25. The van der Waals surface area contributed by atoms with Crippen LogP contribution in [-0.2, 0) is 4.74 Å². The van der Waals surface area contributed by atoms with Crippen LogP contribution in [0.2, 0.25) is 5.02 Å². The van der Waals surface area contributed by atoms with Crippen molar-refractivity contribution < 1.29 is 4.74 Å². The Morgan fingerprint density at radius 1 is 1.47 bits per heavy atom. The zero-order valence-corrected chi connectivity index (χ0v) is 11.2. The molecule has 2 nitrogen and oxygen atoms in total. The van der Waals surface area contributed by atoms with Crippen molar-refractivity contribution in [3.8, 4) is 0 Å². The van der Waals surface area contributed by atoms with Crippen molar-refractivity contribution in [1.29, 1.82) is 0 Å². The summed E-state index contributed by atoms with van der Waals surface area (Å²) in [7, 11) is 0. The summed E-state index contributed by atoms with van der Waals surface area (Å²) in [5.74, 6) is 0. The summed E-state index contributed by atoms with van der Waals surface area (Å²) in [4.78, 5) is 0. The van der Waals surface area contributed by atoms with Crippen molar-refractivity contribution in [2.75, 3.05) is 6.54 Å². The minimum atomic E-state index is 0.110. The first-order valence-corrected chi connectivity index (χ1v) is 6.72. The first-order valence-electron chi connectivity index (χ1n) is 6.35. The van der Waals surface area contributed by atoms with Gasteiger partial charge in [-0.2, -0.15) is 0 Å². The first kappa shape index (κ1) is 12.9. The molecule has 1 saturated heterocycles. The lowest BCUT2D eigenvalue weighted by Crippen LogP contribution is -2.46. The van der Waals surface area contributed by atoms with Crippen molar-refractivity contribution in [1.82, 2.24) is 5.32 Å². The summed E-state index contributed by atoms with van der Waals surface area (Å²) >= 11 is 6.03. The van der Waals surface area contributed by atoms with Gasteiger partial charge in [0.25, 0.3) is 0 Å². The van der Waals surface area contributed by atoms with Crippen LogP contribution < -0.4 is 5.32 Å². The normalized spacial score (nSPS) is 29.2. The van der Waals surface area contributed by atoms with E-state index in [4.69, 9.17) is 16.3 Å². The number of benzene rings is 1. The van der Waals surface area contributed by atoms with Gasteiger partial charge in [-0.15, -0.1) is 0 Å². The standard InChI is InChI=1S/C14H20ClNO/c1-3-5-13-9-16-10(2)14(17-13)11-6-4-7-12(15)8-11/h4,6-8,10,13-14,16H,3,5,9H2,1-2H3. The third-order valence-corrected chi connectivity index (χ3v) is 3.48. The molecule has 1 fully saturated rings. The van der Waals surface area contributed by atoms with E-state index in [-0.39, 0.29) is 6.10 Å². The molecule has 1 aliphatic heterocycles. The van der Waals surface area contributed by atoms with Crippen molar-refractivity contribution >= 4 is 11.6 Å². The second-order valence-electron chi connectivity index (χ2n) is 4.72. The number of nitrogens with one attached hydrogen (secondary N) is 1. The smallest absolute Gasteiger partial charge is 0.0980 e. The predicted molar refractivity (Wildman–Crippen MR) is 71.4 cm³/mol. The van der Waals surface area contributed by atoms with Gasteiger partial charge in [0.1, 0.15) is 0 Å². The molecule has 0 amide bonds. The van der Waals surface area contributed by atoms with Gasteiger partial charge >= 0.3 is 0 Å². The highest BCUT2D eigenvalue weighted by Gasteiger charge is 2.28. The first-order chi connectivity index (χ1) is 8.20. The number of halogens is 1. The van der Waals surface area contributed by atoms with Gasteiger partial charge in [-0.1, -0.05) is 37.1 Å². The minimum absolute atomic E-state index is 0.110. The van der Waals surface area contributed by atoms with Crippen LogP contribution in [0.4, 0.5) is 0 Å². The van der Waals surface area contributed by atoms with Crippen LogP contribution in [0.1, 0.15) is 38.4 Å². The van der Waals surface area contributed by atoms with Crippen LogP contribution in [0.5, 0.6) is 0 Å². The van der Waals surface area contributed by atoms with Crippen LogP contribution in [-0.4, -0.2) is 18.7 Å². The Hall–Kier alpha value is -0.570. The fraction of sp³-hybridized carbons (Fsp3) is 0.571. The molecule has 2 rings (SSSR count). The van der Waals surface area contributed by atoms with E-state index in [1.165, 1.54) is 5.56 Å². The Kier molecular flexibility index (Phi) is 4.43. The summed E-state index contributed by atoms with van der Waals surface area (Å²) in [6.45, 7) is 5.30. The average Bonchev–Trinajstić information content (AvgIpc) is 2.32. The molecule has 17 heavy (non-hydrogen) atoms. The topological polar surface area (TPSA) is 21.3 Å². The number of morpholine rings is 1. The monoisotopic (exact) mass is 253 g/mol. The number of ether oxygens (including phenoxy) is 1. The maximum absolute atomic E-state index is 6.16. The Morgan fingerprint density at radius 2 is 2.29 bits per heavy atom. The molecule has 1 aromatic rings. The Labute approximate surface area is 108 Å². The van der Waals surface area contributed by atoms with E-state index >= 15 is 0 Å². The summed E-state index contributed by atoms with van der Waals surface area (Å²) < 4.78 is 6.16. The summed E-state index contributed by atoms with van der Waals surface area (Å²) in [5, 5.41) is 4.29. The molecule has 0 spiro atoms. The fourth-order valence-electron chi connectivity index (χ4n) is 2.34. The van der Waals surface area contributed by atoms with Crippen molar-refractivity contribution in [3.05, 3.63) is 34.9 Å². The summed E-state index contributed by atoms with van der Waals surface area (Å²) in [6.07, 6.45) is 2.69. The Balaban J connectivity index is 2.12. The molecule has 3 heteroatoms. The minimum Gasteiger partial charge on any atom is -0.367 e. The van der Waals surface area contributed by atoms with Crippen LogP contribution in [0.3, 0.4) is 0 Å². The van der Waals surface area contributed by atoms with E-state index in [2.05, 4.69) is 25.2 Å². The molecule has 0 bridgehead atoms. The van der Waals surface area contributed by atoms with E-state index in [1.807, 2.05) is 18.2 Å². The molecule has 3 unspecified atom stereocenters. The molecule has 3 atom stereocenters. The van der Waals surface area contributed by atoms with Crippen molar-refractivity contribution in [2.24, 2.45) is 0 Å². The second-order valence-corrected chi connectivity index (χ2v) is 5.16.